The van der Waals surface area contributed by atoms with Gasteiger partial charge in [0.05, 0.1) is 26.0 Å². The summed E-state index contributed by atoms with van der Waals surface area (Å²) in [4.78, 5) is 24.8. The molecular formula is C23H27N7O3. The Kier molecular flexibility index (Phi) is 5.27. The van der Waals surface area contributed by atoms with Crippen LogP contribution in [0.1, 0.15) is 24.1 Å². The summed E-state index contributed by atoms with van der Waals surface area (Å²) in [5.41, 5.74) is 9.69. The van der Waals surface area contributed by atoms with Gasteiger partial charge in [-0.25, -0.2) is 9.97 Å². The van der Waals surface area contributed by atoms with Crippen molar-refractivity contribution >= 4 is 28.4 Å². The van der Waals surface area contributed by atoms with Crippen LogP contribution in [0.15, 0.2) is 37.2 Å². The fraction of sp³-hybridized carbons (Fsp3) is 0.391. The fourth-order valence-corrected chi connectivity index (χ4v) is 4.67. The minimum Gasteiger partial charge on any atom is -0.497 e. The second-order valence-corrected chi connectivity index (χ2v) is 8.39. The van der Waals surface area contributed by atoms with Crippen LogP contribution in [0.3, 0.4) is 0 Å². The van der Waals surface area contributed by atoms with E-state index in [1.54, 1.807) is 19.1 Å². The number of hydrogen-bond donors (Lipinski definition) is 1. The van der Waals surface area contributed by atoms with Crippen molar-refractivity contribution in [3.05, 3.63) is 42.9 Å². The molecule has 10 heteroatoms. The number of ether oxygens (including phenoxy) is 2. The van der Waals surface area contributed by atoms with E-state index in [9.17, 15) is 4.79 Å². The number of nitrogen functional groups attached to an aromatic ring is 1. The first-order valence-electron chi connectivity index (χ1n) is 10.9. The highest BCUT2D eigenvalue weighted by Gasteiger charge is 2.35. The molecule has 1 atom stereocenters. The highest BCUT2D eigenvalue weighted by Crippen LogP contribution is 2.38. The van der Waals surface area contributed by atoms with Crippen LogP contribution in [-0.2, 0) is 4.79 Å². The van der Waals surface area contributed by atoms with Gasteiger partial charge in [-0.15, -0.1) is 0 Å². The summed E-state index contributed by atoms with van der Waals surface area (Å²) in [5, 5.41) is 4.96. The lowest BCUT2D eigenvalue weighted by molar-refractivity contribution is -0.125. The first-order valence-corrected chi connectivity index (χ1v) is 10.9. The van der Waals surface area contributed by atoms with Crippen LogP contribution in [0.2, 0.25) is 0 Å². The lowest BCUT2D eigenvalue weighted by Crippen LogP contribution is -2.48. The maximum Gasteiger partial charge on any atom is 0.245 e. The van der Waals surface area contributed by atoms with Crippen LogP contribution in [0.4, 0.5) is 11.5 Å². The summed E-state index contributed by atoms with van der Waals surface area (Å²) in [7, 11) is 3.29. The summed E-state index contributed by atoms with van der Waals surface area (Å²) in [6, 6.07) is 5.96. The van der Waals surface area contributed by atoms with Crippen molar-refractivity contribution in [1.29, 1.82) is 0 Å². The predicted molar refractivity (Wildman–Crippen MR) is 125 cm³/mol. The van der Waals surface area contributed by atoms with Gasteiger partial charge in [0.1, 0.15) is 28.9 Å². The first kappa shape index (κ1) is 21.0. The van der Waals surface area contributed by atoms with Crippen molar-refractivity contribution in [2.24, 2.45) is 0 Å². The second kappa shape index (κ2) is 8.27. The number of hydrogen-bond acceptors (Lipinski definition) is 8. The summed E-state index contributed by atoms with van der Waals surface area (Å²) < 4.78 is 12.8. The number of methoxy groups -OCH3 is 2. The highest BCUT2D eigenvalue weighted by atomic mass is 16.5. The van der Waals surface area contributed by atoms with Gasteiger partial charge in [-0.05, 0) is 12.5 Å². The van der Waals surface area contributed by atoms with Gasteiger partial charge in [-0.1, -0.05) is 6.58 Å². The van der Waals surface area contributed by atoms with E-state index in [0.29, 0.717) is 18.9 Å². The van der Waals surface area contributed by atoms with Gasteiger partial charge in [0.2, 0.25) is 5.91 Å². The molecule has 2 N–H and O–H groups in total. The van der Waals surface area contributed by atoms with Crippen molar-refractivity contribution in [2.75, 3.05) is 51.0 Å². The minimum atomic E-state index is -0.0567. The zero-order valence-electron chi connectivity index (χ0n) is 18.8. The van der Waals surface area contributed by atoms with Gasteiger partial charge in [0.15, 0.2) is 5.82 Å². The lowest BCUT2D eigenvalue weighted by Gasteiger charge is -2.41. The molecule has 2 aromatic heterocycles. The third-order valence-electron chi connectivity index (χ3n) is 6.51. The number of carbonyl (C=O) groups is 1. The SMILES string of the molecule is C=CC(=O)N1CCC(c2nn(C3CN(c4cc(OC)cc(OC)c4)C3)c3c(N)ncnc23)C1. The maximum atomic E-state index is 12.1. The molecule has 5 rings (SSSR count). The summed E-state index contributed by atoms with van der Waals surface area (Å²) in [6.45, 7) is 6.39. The molecule has 33 heavy (non-hydrogen) atoms. The third-order valence-corrected chi connectivity index (χ3v) is 6.51. The normalized spacial score (nSPS) is 18.4. The molecule has 2 aliphatic rings. The molecule has 2 saturated heterocycles. The Bertz CT molecular complexity index is 1200. The molecule has 2 aliphatic heterocycles. The number of amides is 1. The van der Waals surface area contributed by atoms with Crippen molar-refractivity contribution in [2.45, 2.75) is 18.4 Å². The summed E-state index contributed by atoms with van der Waals surface area (Å²) >= 11 is 0. The summed E-state index contributed by atoms with van der Waals surface area (Å²) in [6.07, 6.45) is 3.66. The van der Waals surface area contributed by atoms with Crippen LogP contribution in [0, 0.1) is 0 Å². The minimum absolute atomic E-state index is 0.0567. The number of nitrogens with zero attached hydrogens (tertiary/aromatic N) is 6. The van der Waals surface area contributed by atoms with Gasteiger partial charge in [0.25, 0.3) is 0 Å². The zero-order valence-corrected chi connectivity index (χ0v) is 18.8. The smallest absolute Gasteiger partial charge is 0.245 e. The molecular weight excluding hydrogens is 422 g/mol. The Morgan fingerprint density at radius 2 is 1.88 bits per heavy atom. The third kappa shape index (κ3) is 3.61. The number of fused-ring (bicyclic) bond motifs is 1. The van der Waals surface area contributed by atoms with Crippen molar-refractivity contribution in [1.82, 2.24) is 24.6 Å². The molecule has 1 amide bonds. The molecule has 1 aromatic carbocycles. The number of rotatable bonds is 6. The molecule has 0 bridgehead atoms. The monoisotopic (exact) mass is 449 g/mol. The molecule has 1 unspecified atom stereocenters. The molecule has 0 saturated carbocycles. The second-order valence-electron chi connectivity index (χ2n) is 8.39. The number of anilines is 2. The van der Waals surface area contributed by atoms with Gasteiger partial charge in [-0.3, -0.25) is 9.48 Å². The van der Waals surface area contributed by atoms with E-state index < -0.39 is 0 Å². The predicted octanol–water partition coefficient (Wildman–Crippen LogP) is 1.99. The number of benzene rings is 1. The van der Waals surface area contributed by atoms with Crippen molar-refractivity contribution < 1.29 is 14.3 Å². The molecule has 10 nitrogen and oxygen atoms in total. The fourth-order valence-electron chi connectivity index (χ4n) is 4.67. The molecule has 4 heterocycles. The van der Waals surface area contributed by atoms with Crippen LogP contribution in [0.5, 0.6) is 11.5 Å². The standard InChI is InChI=1S/C23H27N7O3/c1-4-19(31)28-6-5-14(10-28)20-21-22(23(24)26-13-25-21)30(27-20)16-11-29(12-16)15-7-17(32-2)9-18(8-15)33-3/h4,7-9,13-14,16H,1,5-6,10-12H2,2-3H3,(H2,24,25,26). The Labute approximate surface area is 191 Å². The Morgan fingerprint density at radius 1 is 1.15 bits per heavy atom. The van der Waals surface area contributed by atoms with Gasteiger partial charge in [-0.2, -0.15) is 5.10 Å². The van der Waals surface area contributed by atoms with E-state index in [1.807, 2.05) is 22.9 Å². The number of aromatic nitrogens is 4. The van der Waals surface area contributed by atoms with E-state index >= 15 is 0 Å². The largest absolute Gasteiger partial charge is 0.497 e. The average molecular weight is 450 g/mol. The van der Waals surface area contributed by atoms with Crippen molar-refractivity contribution in [3.8, 4) is 11.5 Å². The van der Waals surface area contributed by atoms with Gasteiger partial charge < -0.3 is 25.0 Å². The quantitative estimate of drug-likeness (QED) is 0.569. The Balaban J connectivity index is 1.42. The highest BCUT2D eigenvalue weighted by molar-refractivity contribution is 5.88. The van der Waals surface area contributed by atoms with Gasteiger partial charge >= 0.3 is 0 Å². The topological polar surface area (TPSA) is 112 Å². The molecule has 3 aromatic rings. The van der Waals surface area contributed by atoms with Crippen LogP contribution in [-0.4, -0.2) is 71.0 Å². The zero-order chi connectivity index (χ0) is 23.1. The number of carbonyl (C=O) groups excluding carboxylic acids is 1. The first-order chi connectivity index (χ1) is 16.0. The maximum absolute atomic E-state index is 12.1. The van der Waals surface area contributed by atoms with E-state index in [4.69, 9.17) is 20.3 Å². The Morgan fingerprint density at radius 3 is 2.55 bits per heavy atom. The van der Waals surface area contributed by atoms with E-state index in [0.717, 1.165) is 53.4 Å². The van der Waals surface area contributed by atoms with E-state index in [2.05, 4.69) is 21.4 Å². The van der Waals surface area contributed by atoms with Crippen LogP contribution < -0.4 is 20.1 Å². The molecule has 0 spiro atoms. The van der Waals surface area contributed by atoms with E-state index in [-0.39, 0.29) is 17.9 Å². The van der Waals surface area contributed by atoms with Crippen molar-refractivity contribution in [3.63, 3.8) is 0 Å². The molecule has 172 valence electrons. The van der Waals surface area contributed by atoms with Crippen LogP contribution >= 0.6 is 0 Å². The molecule has 0 aliphatic carbocycles. The average Bonchev–Trinajstić information content (AvgIpc) is 3.43. The lowest BCUT2D eigenvalue weighted by atomic mass is 10.0. The number of nitrogens with two attached hydrogens (primary N) is 1. The Hall–Kier alpha value is -3.82. The van der Waals surface area contributed by atoms with Crippen LogP contribution in [0.25, 0.3) is 11.0 Å². The molecule has 0 radical (unpaired) electrons. The van der Waals surface area contributed by atoms with Gasteiger partial charge in [0, 0.05) is 56.0 Å². The molecule has 2 fully saturated rings. The summed E-state index contributed by atoms with van der Waals surface area (Å²) in [5.74, 6) is 1.95. The van der Waals surface area contributed by atoms with E-state index in [1.165, 1.54) is 12.4 Å². The number of likely N-dealkylation sites (tertiary alicyclic amines) is 1.